The minimum absolute atomic E-state index is 0.171. The Kier molecular flexibility index (Phi) is 5.98. The first-order valence-electron chi connectivity index (χ1n) is 6.62. The van der Waals surface area contributed by atoms with Crippen LogP contribution in [-0.4, -0.2) is 50.4 Å². The van der Waals surface area contributed by atoms with E-state index in [-0.39, 0.29) is 23.0 Å². The first kappa shape index (κ1) is 18.6. The van der Waals surface area contributed by atoms with Gasteiger partial charge in [0.25, 0.3) is 11.8 Å². The molecule has 2 amide bonds. The van der Waals surface area contributed by atoms with E-state index >= 15 is 0 Å². The van der Waals surface area contributed by atoms with E-state index in [0.717, 1.165) is 0 Å². The van der Waals surface area contributed by atoms with Crippen molar-refractivity contribution in [3.63, 3.8) is 0 Å². The largest absolute Gasteiger partial charge is 0.396 e. The maximum atomic E-state index is 11.1. The molecule has 4 N–H and O–H groups in total. The number of carbonyl (C=O) groups is 2. The molecule has 0 atom stereocenters. The molecule has 0 saturated carbocycles. The van der Waals surface area contributed by atoms with Gasteiger partial charge in [0.15, 0.2) is 5.69 Å². The molecule has 0 aromatic carbocycles. The summed E-state index contributed by atoms with van der Waals surface area (Å²) in [6.45, 7) is 0. The fourth-order valence-electron chi connectivity index (χ4n) is 1.69. The van der Waals surface area contributed by atoms with Gasteiger partial charge in [-0.05, 0) is 0 Å². The Morgan fingerprint density at radius 2 is 1.54 bits per heavy atom. The first-order chi connectivity index (χ1) is 11.2. The van der Waals surface area contributed by atoms with Crippen LogP contribution in [0.15, 0.2) is 12.4 Å². The zero-order valence-corrected chi connectivity index (χ0v) is 13.6. The fraction of sp³-hybridized carbons (Fsp3) is 0.333. The van der Waals surface area contributed by atoms with Gasteiger partial charge in [0.2, 0.25) is 5.69 Å². The molecule has 0 spiro atoms. The molecule has 2 aromatic rings. The molecule has 12 nitrogen and oxygen atoms in total. The van der Waals surface area contributed by atoms with Gasteiger partial charge in [0, 0.05) is 34.4 Å². The lowest BCUT2D eigenvalue weighted by Crippen LogP contribution is -2.19. The Hall–Kier alpha value is -3.44. The van der Waals surface area contributed by atoms with Crippen molar-refractivity contribution in [3.8, 4) is 0 Å². The molecule has 0 aliphatic carbocycles. The van der Waals surface area contributed by atoms with E-state index in [1.165, 1.54) is 36.7 Å². The molecule has 24 heavy (non-hydrogen) atoms. The van der Waals surface area contributed by atoms with Gasteiger partial charge in [-0.1, -0.05) is 0 Å². The number of nitrogens with zero attached hydrogens (tertiary/aromatic N) is 5. The van der Waals surface area contributed by atoms with E-state index in [2.05, 4.69) is 20.8 Å². The third-order valence-corrected chi connectivity index (χ3v) is 2.75. The monoisotopic (exact) mass is 338 g/mol. The highest BCUT2D eigenvalue weighted by molar-refractivity contribution is 5.96. The number of aryl methyl sites for hydroxylation is 2. The smallest absolute Gasteiger partial charge is 0.320 e. The van der Waals surface area contributed by atoms with E-state index in [1.54, 1.807) is 13.2 Å². The van der Waals surface area contributed by atoms with Crippen molar-refractivity contribution in [3.05, 3.63) is 33.9 Å². The van der Waals surface area contributed by atoms with E-state index in [9.17, 15) is 19.7 Å². The Labute approximate surface area is 136 Å². The summed E-state index contributed by atoms with van der Waals surface area (Å²) in [5.41, 5.74) is 5.68. The molecule has 0 bridgehead atoms. The minimum atomic E-state index is -0.641. The van der Waals surface area contributed by atoms with Crippen LogP contribution in [-0.2, 0) is 14.1 Å². The van der Waals surface area contributed by atoms with Crippen molar-refractivity contribution in [2.45, 2.75) is 0 Å². The number of aromatic nitrogens is 4. The first-order valence-corrected chi connectivity index (χ1v) is 6.62. The minimum Gasteiger partial charge on any atom is -0.396 e. The maximum absolute atomic E-state index is 11.1. The van der Waals surface area contributed by atoms with E-state index in [4.69, 9.17) is 5.73 Å². The summed E-state index contributed by atoms with van der Waals surface area (Å²) in [6.07, 6.45) is 2.77. The van der Waals surface area contributed by atoms with E-state index < -0.39 is 10.8 Å². The molecule has 0 radical (unpaired) electrons. The van der Waals surface area contributed by atoms with Crippen LogP contribution < -0.4 is 16.4 Å². The van der Waals surface area contributed by atoms with Gasteiger partial charge in [0.05, 0.1) is 10.6 Å². The third kappa shape index (κ3) is 4.28. The highest BCUT2D eigenvalue weighted by Crippen LogP contribution is 2.15. The second-order valence-electron chi connectivity index (χ2n) is 4.56. The summed E-state index contributed by atoms with van der Waals surface area (Å²) < 4.78 is 2.72. The van der Waals surface area contributed by atoms with Gasteiger partial charge in [-0.2, -0.15) is 10.2 Å². The number of anilines is 1. The summed E-state index contributed by atoms with van der Waals surface area (Å²) in [6, 6.07) is 0. The molecule has 2 rings (SSSR count). The van der Waals surface area contributed by atoms with Crippen LogP contribution in [0, 0.1) is 10.1 Å². The Morgan fingerprint density at radius 3 is 1.96 bits per heavy atom. The van der Waals surface area contributed by atoms with Crippen LogP contribution in [0.2, 0.25) is 0 Å². The summed E-state index contributed by atoms with van der Waals surface area (Å²) in [5.74, 6) is -0.824. The molecule has 130 valence electrons. The van der Waals surface area contributed by atoms with E-state index in [0.29, 0.717) is 5.69 Å². The summed E-state index contributed by atoms with van der Waals surface area (Å²) in [5, 5.41) is 22.7. The average Bonchev–Trinajstić information content (AvgIpc) is 3.08. The van der Waals surface area contributed by atoms with Crippen molar-refractivity contribution in [2.24, 2.45) is 14.1 Å². The number of nitro groups is 1. The van der Waals surface area contributed by atoms with E-state index in [1.807, 2.05) is 0 Å². The van der Waals surface area contributed by atoms with Gasteiger partial charge in [-0.25, -0.2) is 0 Å². The standard InChI is InChI=1S/C6H8N4O3.C6H10N4O/c1-7-6(11)5-4(10(12)13)3-9(2)8-5;1-8-6(11)5-4(7)3-10(2)9-5/h3H,1-2H3,(H,7,11);3H,7H2,1-2H3,(H,8,11). The lowest BCUT2D eigenvalue weighted by molar-refractivity contribution is -0.385. The van der Waals surface area contributed by atoms with Crippen molar-refractivity contribution < 1.29 is 14.5 Å². The molecule has 2 heterocycles. The van der Waals surface area contributed by atoms with Crippen molar-refractivity contribution in [2.75, 3.05) is 19.8 Å². The molecule has 12 heteroatoms. The lowest BCUT2D eigenvalue weighted by atomic mass is 10.3. The van der Waals surface area contributed by atoms with Crippen molar-refractivity contribution in [1.82, 2.24) is 30.2 Å². The van der Waals surface area contributed by atoms with Crippen LogP contribution >= 0.6 is 0 Å². The third-order valence-electron chi connectivity index (χ3n) is 2.75. The molecule has 0 aliphatic rings. The molecule has 2 aromatic heterocycles. The zero-order valence-electron chi connectivity index (χ0n) is 13.6. The SMILES string of the molecule is CNC(=O)c1nn(C)cc1N.CNC(=O)c1nn(C)cc1[N+](=O)[O-]. The topological polar surface area (TPSA) is 163 Å². The number of rotatable bonds is 3. The van der Waals surface area contributed by atoms with Crippen LogP contribution in [0.25, 0.3) is 0 Å². The summed E-state index contributed by atoms with van der Waals surface area (Å²) in [7, 11) is 6.15. The Bertz CT molecular complexity index is 763. The number of nitrogens with one attached hydrogen (secondary N) is 2. The number of hydrogen-bond donors (Lipinski definition) is 3. The average molecular weight is 338 g/mol. The maximum Gasteiger partial charge on any atom is 0.320 e. The van der Waals surface area contributed by atoms with Gasteiger partial charge in [-0.15, -0.1) is 0 Å². The van der Waals surface area contributed by atoms with Gasteiger partial charge < -0.3 is 16.4 Å². The molecule has 0 aliphatic heterocycles. The quantitative estimate of drug-likeness (QED) is 0.479. The molecule has 0 fully saturated rings. The Balaban J connectivity index is 0.000000243. The molecular formula is C12H18N8O4. The van der Waals surface area contributed by atoms with Gasteiger partial charge in [-0.3, -0.25) is 29.1 Å². The molecular weight excluding hydrogens is 320 g/mol. The second-order valence-corrected chi connectivity index (χ2v) is 4.56. The number of hydrogen-bond acceptors (Lipinski definition) is 7. The van der Waals surface area contributed by atoms with Crippen LogP contribution in [0.4, 0.5) is 11.4 Å². The van der Waals surface area contributed by atoms with Crippen LogP contribution in [0.3, 0.4) is 0 Å². The number of nitrogen functional groups attached to an aromatic ring is 1. The van der Waals surface area contributed by atoms with Crippen molar-refractivity contribution >= 4 is 23.2 Å². The van der Waals surface area contributed by atoms with Crippen LogP contribution in [0.5, 0.6) is 0 Å². The summed E-state index contributed by atoms with van der Waals surface area (Å²) in [4.78, 5) is 31.8. The highest BCUT2D eigenvalue weighted by Gasteiger charge is 2.23. The lowest BCUT2D eigenvalue weighted by Gasteiger charge is -1.93. The summed E-state index contributed by atoms with van der Waals surface area (Å²) >= 11 is 0. The molecule has 0 unspecified atom stereocenters. The number of carbonyl (C=O) groups excluding carboxylic acids is 2. The predicted octanol–water partition coefficient (Wildman–Crippen LogP) is -0.950. The molecule has 0 saturated heterocycles. The van der Waals surface area contributed by atoms with Gasteiger partial charge in [0.1, 0.15) is 6.20 Å². The van der Waals surface area contributed by atoms with Crippen molar-refractivity contribution in [1.29, 1.82) is 0 Å². The Morgan fingerprint density at radius 1 is 1.08 bits per heavy atom. The zero-order chi connectivity index (χ0) is 18.4. The second kappa shape index (κ2) is 7.71. The number of amides is 2. The predicted molar refractivity (Wildman–Crippen MR) is 84.3 cm³/mol. The van der Waals surface area contributed by atoms with Gasteiger partial charge >= 0.3 is 5.69 Å². The fourth-order valence-corrected chi connectivity index (χ4v) is 1.69. The highest BCUT2D eigenvalue weighted by atomic mass is 16.6. The van der Waals surface area contributed by atoms with Crippen LogP contribution in [0.1, 0.15) is 21.0 Å². The normalized spacial score (nSPS) is 9.67. The number of nitrogens with two attached hydrogens (primary N) is 1.